The fourth-order valence-corrected chi connectivity index (χ4v) is 1.93. The van der Waals surface area contributed by atoms with E-state index in [1.54, 1.807) is 0 Å². The quantitative estimate of drug-likeness (QED) is 0.702. The average Bonchev–Trinajstić information content (AvgIpc) is 2.03. The predicted octanol–water partition coefficient (Wildman–Crippen LogP) is 1.59. The van der Waals surface area contributed by atoms with Gasteiger partial charge in [-0.05, 0) is 30.9 Å². The molecule has 1 aliphatic rings. The van der Waals surface area contributed by atoms with Crippen LogP contribution in [0.3, 0.4) is 0 Å². The SMILES string of the molecule is O=C(O)C1CC(F)CCC1C(=O)Cl. The van der Waals surface area contributed by atoms with E-state index in [0.29, 0.717) is 0 Å². The van der Waals surface area contributed by atoms with Crippen LogP contribution in [0.4, 0.5) is 4.39 Å². The molecule has 74 valence electrons. The maximum Gasteiger partial charge on any atom is 0.307 e. The van der Waals surface area contributed by atoms with Crippen molar-refractivity contribution in [2.24, 2.45) is 11.8 Å². The van der Waals surface area contributed by atoms with Crippen LogP contribution < -0.4 is 0 Å². The molecule has 3 unspecified atom stereocenters. The van der Waals surface area contributed by atoms with Gasteiger partial charge in [0, 0.05) is 5.92 Å². The molecule has 5 heteroatoms. The zero-order valence-corrected chi connectivity index (χ0v) is 7.63. The maximum atomic E-state index is 12.8. The summed E-state index contributed by atoms with van der Waals surface area (Å²) in [5.41, 5.74) is 0. The number of carboxylic acid groups (broad SMARTS) is 1. The number of rotatable bonds is 2. The number of hydrogen-bond donors (Lipinski definition) is 1. The summed E-state index contributed by atoms with van der Waals surface area (Å²) in [6.07, 6.45) is -0.750. The van der Waals surface area contributed by atoms with Crippen LogP contribution in [0.2, 0.25) is 0 Å². The molecule has 3 nitrogen and oxygen atoms in total. The van der Waals surface area contributed by atoms with Crippen molar-refractivity contribution < 1.29 is 19.1 Å². The van der Waals surface area contributed by atoms with E-state index < -0.39 is 29.2 Å². The summed E-state index contributed by atoms with van der Waals surface area (Å²) in [6.45, 7) is 0. The Morgan fingerprint density at radius 1 is 1.31 bits per heavy atom. The monoisotopic (exact) mass is 208 g/mol. The normalized spacial score (nSPS) is 34.2. The molecule has 1 rings (SSSR count). The average molecular weight is 209 g/mol. The molecule has 0 aliphatic heterocycles. The zero-order valence-electron chi connectivity index (χ0n) is 6.87. The standard InChI is InChI=1S/C8H10ClFO3/c9-7(11)5-2-1-4(10)3-6(5)8(12)13/h4-6H,1-3H2,(H,12,13). The molecule has 0 aromatic heterocycles. The second-order valence-electron chi connectivity index (χ2n) is 3.27. The Kier molecular flexibility index (Phi) is 3.25. The summed E-state index contributed by atoms with van der Waals surface area (Å²) < 4.78 is 12.8. The summed E-state index contributed by atoms with van der Waals surface area (Å²) in [6, 6.07) is 0. The number of aliphatic carboxylic acids is 1. The molecule has 1 aliphatic carbocycles. The van der Waals surface area contributed by atoms with Gasteiger partial charge in [0.05, 0.1) is 5.92 Å². The number of carboxylic acids is 1. The van der Waals surface area contributed by atoms with Gasteiger partial charge in [-0.3, -0.25) is 9.59 Å². The molecule has 0 saturated heterocycles. The predicted molar refractivity (Wildman–Crippen MR) is 44.2 cm³/mol. The van der Waals surface area contributed by atoms with Gasteiger partial charge in [0.25, 0.3) is 0 Å². The highest BCUT2D eigenvalue weighted by Crippen LogP contribution is 2.33. The van der Waals surface area contributed by atoms with Crippen molar-refractivity contribution in [3.63, 3.8) is 0 Å². The van der Waals surface area contributed by atoms with Crippen molar-refractivity contribution in [2.45, 2.75) is 25.4 Å². The Labute approximate surface area is 79.9 Å². The third-order valence-electron chi connectivity index (χ3n) is 2.40. The lowest BCUT2D eigenvalue weighted by molar-refractivity contribution is -0.148. The van der Waals surface area contributed by atoms with Crippen molar-refractivity contribution in [2.75, 3.05) is 0 Å². The number of hydrogen-bond acceptors (Lipinski definition) is 2. The Morgan fingerprint density at radius 3 is 2.38 bits per heavy atom. The summed E-state index contributed by atoms with van der Waals surface area (Å²) >= 11 is 5.22. The van der Waals surface area contributed by atoms with E-state index in [2.05, 4.69) is 0 Å². The second kappa shape index (κ2) is 4.05. The van der Waals surface area contributed by atoms with Gasteiger partial charge in [-0.15, -0.1) is 0 Å². The first-order valence-corrected chi connectivity index (χ1v) is 4.46. The third-order valence-corrected chi connectivity index (χ3v) is 2.68. The molecule has 1 N–H and O–H groups in total. The molecule has 1 saturated carbocycles. The topological polar surface area (TPSA) is 54.4 Å². The highest BCUT2D eigenvalue weighted by molar-refractivity contribution is 6.64. The van der Waals surface area contributed by atoms with Crippen LogP contribution in [0, 0.1) is 11.8 Å². The van der Waals surface area contributed by atoms with Gasteiger partial charge >= 0.3 is 5.97 Å². The minimum Gasteiger partial charge on any atom is -0.481 e. The van der Waals surface area contributed by atoms with Gasteiger partial charge in [-0.2, -0.15) is 0 Å². The molecular formula is C8H10ClFO3. The smallest absolute Gasteiger partial charge is 0.307 e. The molecular weight excluding hydrogens is 199 g/mol. The molecule has 0 heterocycles. The zero-order chi connectivity index (χ0) is 10.0. The number of carbonyl (C=O) groups is 2. The first-order chi connectivity index (χ1) is 6.02. The summed E-state index contributed by atoms with van der Waals surface area (Å²) in [7, 11) is 0. The van der Waals surface area contributed by atoms with Gasteiger partial charge in [-0.25, -0.2) is 4.39 Å². The van der Waals surface area contributed by atoms with Gasteiger partial charge < -0.3 is 5.11 Å². The number of carbonyl (C=O) groups excluding carboxylic acids is 1. The maximum absolute atomic E-state index is 12.8. The van der Waals surface area contributed by atoms with E-state index in [-0.39, 0.29) is 19.3 Å². The molecule has 0 aromatic carbocycles. The van der Waals surface area contributed by atoms with E-state index >= 15 is 0 Å². The Morgan fingerprint density at radius 2 is 1.92 bits per heavy atom. The molecule has 3 atom stereocenters. The van der Waals surface area contributed by atoms with Crippen molar-refractivity contribution in [1.29, 1.82) is 0 Å². The first kappa shape index (κ1) is 10.4. The number of alkyl halides is 1. The Hall–Kier alpha value is -0.640. The molecule has 0 spiro atoms. The fourth-order valence-electron chi connectivity index (χ4n) is 1.66. The minimum atomic E-state index is -1.14. The second-order valence-corrected chi connectivity index (χ2v) is 3.64. The first-order valence-electron chi connectivity index (χ1n) is 4.08. The molecule has 0 aromatic rings. The van der Waals surface area contributed by atoms with E-state index in [1.165, 1.54) is 0 Å². The lowest BCUT2D eigenvalue weighted by Crippen LogP contribution is -2.34. The molecule has 0 radical (unpaired) electrons. The summed E-state index contributed by atoms with van der Waals surface area (Å²) in [5.74, 6) is -2.80. The van der Waals surface area contributed by atoms with Gasteiger partial charge in [0.2, 0.25) is 5.24 Å². The van der Waals surface area contributed by atoms with E-state index in [0.717, 1.165) is 0 Å². The van der Waals surface area contributed by atoms with Crippen molar-refractivity contribution in [3.05, 3.63) is 0 Å². The fraction of sp³-hybridized carbons (Fsp3) is 0.750. The van der Waals surface area contributed by atoms with E-state index in [1.807, 2.05) is 0 Å². The van der Waals surface area contributed by atoms with Crippen molar-refractivity contribution >= 4 is 22.8 Å². The highest BCUT2D eigenvalue weighted by Gasteiger charge is 2.38. The van der Waals surface area contributed by atoms with Crippen molar-refractivity contribution in [3.8, 4) is 0 Å². The summed E-state index contributed by atoms with van der Waals surface area (Å²) in [4.78, 5) is 21.4. The van der Waals surface area contributed by atoms with Crippen LogP contribution in [-0.4, -0.2) is 22.5 Å². The number of halogens is 2. The van der Waals surface area contributed by atoms with Gasteiger partial charge in [0.1, 0.15) is 6.17 Å². The van der Waals surface area contributed by atoms with E-state index in [4.69, 9.17) is 16.7 Å². The molecule has 13 heavy (non-hydrogen) atoms. The molecule has 0 amide bonds. The minimum absolute atomic E-state index is 0.0987. The van der Waals surface area contributed by atoms with Crippen LogP contribution >= 0.6 is 11.6 Å². The van der Waals surface area contributed by atoms with Crippen LogP contribution in [0.5, 0.6) is 0 Å². The Bertz CT molecular complexity index is 231. The van der Waals surface area contributed by atoms with Crippen LogP contribution in [0.25, 0.3) is 0 Å². The third kappa shape index (κ3) is 2.40. The lowest BCUT2D eigenvalue weighted by Gasteiger charge is -2.27. The van der Waals surface area contributed by atoms with E-state index in [9.17, 15) is 14.0 Å². The van der Waals surface area contributed by atoms with Gasteiger partial charge in [0.15, 0.2) is 0 Å². The van der Waals surface area contributed by atoms with Crippen molar-refractivity contribution in [1.82, 2.24) is 0 Å². The lowest BCUT2D eigenvalue weighted by atomic mass is 9.79. The Balaban J connectivity index is 2.72. The molecule has 0 bridgehead atoms. The van der Waals surface area contributed by atoms with Crippen LogP contribution in [-0.2, 0) is 9.59 Å². The van der Waals surface area contributed by atoms with Gasteiger partial charge in [-0.1, -0.05) is 0 Å². The largest absolute Gasteiger partial charge is 0.481 e. The molecule has 1 fully saturated rings. The van der Waals surface area contributed by atoms with Crippen LogP contribution in [0.15, 0.2) is 0 Å². The highest BCUT2D eigenvalue weighted by atomic mass is 35.5. The van der Waals surface area contributed by atoms with Crippen LogP contribution in [0.1, 0.15) is 19.3 Å². The summed E-state index contributed by atoms with van der Waals surface area (Å²) in [5, 5.41) is 8.03.